The van der Waals surface area contributed by atoms with E-state index in [-0.39, 0.29) is 22.9 Å². The van der Waals surface area contributed by atoms with Gasteiger partial charge in [0.15, 0.2) is 0 Å². The predicted octanol–water partition coefficient (Wildman–Crippen LogP) is 3.31. The summed E-state index contributed by atoms with van der Waals surface area (Å²) in [5.41, 5.74) is 0.492. The van der Waals surface area contributed by atoms with Gasteiger partial charge >= 0.3 is 5.97 Å². The van der Waals surface area contributed by atoms with Crippen LogP contribution in [0.5, 0.6) is 0 Å². The van der Waals surface area contributed by atoms with Crippen LogP contribution in [0.2, 0.25) is 5.02 Å². The van der Waals surface area contributed by atoms with Crippen LogP contribution in [0, 0.1) is 0 Å². The summed E-state index contributed by atoms with van der Waals surface area (Å²) in [6, 6.07) is 7.14. The Bertz CT molecular complexity index is 894. The van der Waals surface area contributed by atoms with Crippen LogP contribution in [0.3, 0.4) is 0 Å². The highest BCUT2D eigenvalue weighted by Crippen LogP contribution is 2.24. The maximum atomic E-state index is 12.8. The zero-order valence-corrected chi connectivity index (χ0v) is 15.2. The third-order valence-electron chi connectivity index (χ3n) is 4.34. The second-order valence-corrected chi connectivity index (χ2v) is 6.67. The molecule has 1 fully saturated rings. The van der Waals surface area contributed by atoms with E-state index in [2.05, 4.69) is 10.3 Å². The zero-order valence-electron chi connectivity index (χ0n) is 14.4. The lowest BCUT2D eigenvalue weighted by Crippen LogP contribution is -2.36. The number of pyridine rings is 1. The van der Waals surface area contributed by atoms with E-state index in [1.165, 1.54) is 24.4 Å². The summed E-state index contributed by atoms with van der Waals surface area (Å²) >= 11 is 6.03. The van der Waals surface area contributed by atoms with Gasteiger partial charge in [-0.3, -0.25) is 14.6 Å². The van der Waals surface area contributed by atoms with Gasteiger partial charge in [0.2, 0.25) is 0 Å². The van der Waals surface area contributed by atoms with Crippen LogP contribution in [0.15, 0.2) is 36.5 Å². The number of carboxylic acids is 1. The molecule has 1 aliphatic heterocycles. The highest BCUT2D eigenvalue weighted by Gasteiger charge is 2.22. The number of hydrogen-bond acceptors (Lipinski definition) is 4. The smallest absolute Gasteiger partial charge is 0.335 e. The lowest BCUT2D eigenvalue weighted by Gasteiger charge is -2.27. The molecule has 3 rings (SSSR count). The summed E-state index contributed by atoms with van der Waals surface area (Å²) in [4.78, 5) is 42.1. The molecule has 7 nitrogen and oxygen atoms in total. The van der Waals surface area contributed by atoms with Crippen molar-refractivity contribution in [1.29, 1.82) is 0 Å². The van der Waals surface area contributed by atoms with Gasteiger partial charge in [-0.15, -0.1) is 0 Å². The Balaban J connectivity index is 1.86. The van der Waals surface area contributed by atoms with Crippen LogP contribution in [-0.2, 0) is 0 Å². The van der Waals surface area contributed by atoms with Gasteiger partial charge in [0.05, 0.1) is 16.8 Å². The highest BCUT2D eigenvalue weighted by molar-refractivity contribution is 6.31. The molecule has 2 amide bonds. The topological polar surface area (TPSA) is 99.6 Å². The van der Waals surface area contributed by atoms with Crippen LogP contribution >= 0.6 is 11.6 Å². The van der Waals surface area contributed by atoms with E-state index in [0.29, 0.717) is 23.7 Å². The summed E-state index contributed by atoms with van der Waals surface area (Å²) in [6.45, 7) is 1.36. The molecule has 1 aromatic heterocycles. The second kappa shape index (κ2) is 8.18. The zero-order chi connectivity index (χ0) is 19.4. The maximum Gasteiger partial charge on any atom is 0.335 e. The number of likely N-dealkylation sites (tertiary alicyclic amines) is 1. The molecule has 0 saturated carbocycles. The van der Waals surface area contributed by atoms with E-state index < -0.39 is 11.9 Å². The van der Waals surface area contributed by atoms with Crippen LogP contribution in [0.4, 0.5) is 5.69 Å². The third kappa shape index (κ3) is 4.43. The van der Waals surface area contributed by atoms with E-state index in [1.54, 1.807) is 17.0 Å². The minimum Gasteiger partial charge on any atom is -0.478 e. The SMILES string of the molecule is O=C(O)c1ccnc(C(=O)Nc2cc(Cl)ccc2C(=O)N2CCCCC2)c1. The van der Waals surface area contributed by atoms with Crippen LogP contribution in [0.1, 0.15) is 50.5 Å². The van der Waals surface area contributed by atoms with Gasteiger partial charge in [0, 0.05) is 24.3 Å². The predicted molar refractivity (Wildman–Crippen MR) is 100 cm³/mol. The Morgan fingerprint density at radius 2 is 1.81 bits per heavy atom. The van der Waals surface area contributed by atoms with Gasteiger partial charge in [-0.25, -0.2) is 4.79 Å². The van der Waals surface area contributed by atoms with Crippen molar-refractivity contribution in [3.63, 3.8) is 0 Å². The summed E-state index contributed by atoms with van der Waals surface area (Å²) in [6.07, 6.45) is 4.25. The number of piperidine rings is 1. The minimum atomic E-state index is -1.16. The van der Waals surface area contributed by atoms with Crippen molar-refractivity contribution in [3.05, 3.63) is 58.4 Å². The van der Waals surface area contributed by atoms with Gasteiger partial charge in [-0.05, 0) is 49.6 Å². The number of nitrogens with one attached hydrogen (secondary N) is 1. The normalized spacial score (nSPS) is 13.9. The maximum absolute atomic E-state index is 12.8. The first-order chi connectivity index (χ1) is 13.0. The Morgan fingerprint density at radius 1 is 1.07 bits per heavy atom. The molecule has 1 aliphatic rings. The molecule has 2 heterocycles. The fourth-order valence-electron chi connectivity index (χ4n) is 2.95. The average Bonchev–Trinajstić information content (AvgIpc) is 2.68. The summed E-state index contributed by atoms with van der Waals surface area (Å²) < 4.78 is 0. The molecule has 0 atom stereocenters. The molecule has 2 N–H and O–H groups in total. The Kier molecular flexibility index (Phi) is 5.71. The van der Waals surface area contributed by atoms with Crippen molar-refractivity contribution >= 4 is 35.1 Å². The van der Waals surface area contributed by atoms with Crippen molar-refractivity contribution in [2.75, 3.05) is 18.4 Å². The molecule has 140 valence electrons. The summed E-state index contributed by atoms with van der Waals surface area (Å²) in [7, 11) is 0. The number of aromatic nitrogens is 1. The number of halogens is 1. The van der Waals surface area contributed by atoms with E-state index in [4.69, 9.17) is 16.7 Å². The number of carboxylic acid groups (broad SMARTS) is 1. The molecule has 0 radical (unpaired) electrons. The fourth-order valence-corrected chi connectivity index (χ4v) is 3.12. The fraction of sp³-hybridized carbons (Fsp3) is 0.263. The number of hydrogen-bond donors (Lipinski definition) is 2. The van der Waals surface area contributed by atoms with Gasteiger partial charge < -0.3 is 15.3 Å². The third-order valence-corrected chi connectivity index (χ3v) is 4.58. The number of amides is 2. The monoisotopic (exact) mass is 387 g/mol. The summed E-state index contributed by atoms with van der Waals surface area (Å²) in [5, 5.41) is 12.0. The lowest BCUT2D eigenvalue weighted by molar-refractivity contribution is 0.0694. The molecule has 1 aromatic carbocycles. The standard InChI is InChI=1S/C19H18ClN3O4/c20-13-4-5-14(18(25)23-8-2-1-3-9-23)15(11-13)22-17(24)16-10-12(19(26)27)6-7-21-16/h4-7,10-11H,1-3,8-9H2,(H,22,24)(H,26,27). The van der Waals surface area contributed by atoms with Gasteiger partial charge in [0.25, 0.3) is 11.8 Å². The summed E-state index contributed by atoms with van der Waals surface area (Å²) in [5.74, 6) is -1.95. The molecule has 2 aromatic rings. The minimum absolute atomic E-state index is 0.0501. The second-order valence-electron chi connectivity index (χ2n) is 6.23. The van der Waals surface area contributed by atoms with Crippen LogP contribution in [0.25, 0.3) is 0 Å². The number of nitrogens with zero attached hydrogens (tertiary/aromatic N) is 2. The quantitative estimate of drug-likeness (QED) is 0.838. The first-order valence-electron chi connectivity index (χ1n) is 8.55. The average molecular weight is 388 g/mol. The largest absolute Gasteiger partial charge is 0.478 e. The van der Waals surface area contributed by atoms with Gasteiger partial charge in [0.1, 0.15) is 5.69 Å². The molecular formula is C19H18ClN3O4. The van der Waals surface area contributed by atoms with Crippen molar-refractivity contribution in [3.8, 4) is 0 Å². The molecular weight excluding hydrogens is 370 g/mol. The Hall–Kier alpha value is -2.93. The number of anilines is 1. The van der Waals surface area contributed by atoms with Crippen molar-refractivity contribution in [2.45, 2.75) is 19.3 Å². The van der Waals surface area contributed by atoms with Gasteiger partial charge in [-0.2, -0.15) is 0 Å². The van der Waals surface area contributed by atoms with Gasteiger partial charge in [-0.1, -0.05) is 11.6 Å². The first-order valence-corrected chi connectivity index (χ1v) is 8.93. The molecule has 27 heavy (non-hydrogen) atoms. The number of carbonyl (C=O) groups excluding carboxylic acids is 2. The van der Waals surface area contributed by atoms with Crippen molar-refractivity contribution in [2.24, 2.45) is 0 Å². The number of aromatic carboxylic acids is 1. The number of rotatable bonds is 4. The molecule has 0 spiro atoms. The molecule has 0 aliphatic carbocycles. The van der Waals surface area contributed by atoms with Crippen molar-refractivity contribution in [1.82, 2.24) is 9.88 Å². The molecule has 8 heteroatoms. The van der Waals surface area contributed by atoms with E-state index in [0.717, 1.165) is 19.3 Å². The number of carbonyl (C=O) groups is 3. The highest BCUT2D eigenvalue weighted by atomic mass is 35.5. The Morgan fingerprint density at radius 3 is 2.52 bits per heavy atom. The molecule has 1 saturated heterocycles. The van der Waals surface area contributed by atoms with E-state index >= 15 is 0 Å². The Labute approximate surface area is 161 Å². The van der Waals surface area contributed by atoms with Crippen LogP contribution in [-0.4, -0.2) is 45.9 Å². The van der Waals surface area contributed by atoms with E-state index in [1.807, 2.05) is 0 Å². The first kappa shape index (κ1) is 18.8. The molecule has 0 bridgehead atoms. The van der Waals surface area contributed by atoms with E-state index in [9.17, 15) is 14.4 Å². The molecule has 0 unspecified atom stereocenters. The van der Waals surface area contributed by atoms with Crippen LogP contribution < -0.4 is 5.32 Å². The lowest BCUT2D eigenvalue weighted by atomic mass is 10.1. The van der Waals surface area contributed by atoms with Crippen molar-refractivity contribution < 1.29 is 19.5 Å². The number of benzene rings is 1.